The van der Waals surface area contributed by atoms with Gasteiger partial charge in [-0.3, -0.25) is 0 Å². The molecule has 1 saturated heterocycles. The van der Waals surface area contributed by atoms with E-state index in [1.807, 2.05) is 30.3 Å². The monoisotopic (exact) mass is 273 g/mol. The molecule has 2 aromatic carbocycles. The highest BCUT2D eigenvalue weighted by Gasteiger charge is 2.25. The van der Waals surface area contributed by atoms with Crippen molar-refractivity contribution in [3.8, 4) is 5.75 Å². The van der Waals surface area contributed by atoms with Crippen LogP contribution in [0.25, 0.3) is 10.8 Å². The van der Waals surface area contributed by atoms with E-state index in [2.05, 4.69) is 6.07 Å². The van der Waals surface area contributed by atoms with Crippen molar-refractivity contribution in [3.05, 3.63) is 42.0 Å². The second-order valence-corrected chi connectivity index (χ2v) is 4.91. The van der Waals surface area contributed by atoms with Crippen LogP contribution < -0.4 is 10.5 Å². The summed E-state index contributed by atoms with van der Waals surface area (Å²) in [5.41, 5.74) is 7.45. The van der Waals surface area contributed by atoms with Gasteiger partial charge in [0.1, 0.15) is 11.9 Å². The highest BCUT2D eigenvalue weighted by molar-refractivity contribution is 5.91. The Balaban J connectivity index is 2.02. The summed E-state index contributed by atoms with van der Waals surface area (Å²) >= 11 is 0. The van der Waals surface area contributed by atoms with E-state index in [4.69, 9.17) is 19.9 Å². The number of benzene rings is 2. The molecular formula is C16H19NO3. The van der Waals surface area contributed by atoms with Gasteiger partial charge in [-0.25, -0.2) is 0 Å². The molecule has 2 aromatic rings. The zero-order valence-electron chi connectivity index (χ0n) is 11.5. The third-order valence-electron chi connectivity index (χ3n) is 3.74. The zero-order valence-corrected chi connectivity index (χ0v) is 11.5. The molecule has 2 atom stereocenters. The van der Waals surface area contributed by atoms with Gasteiger partial charge in [0.2, 0.25) is 0 Å². The fourth-order valence-electron chi connectivity index (χ4n) is 2.68. The van der Waals surface area contributed by atoms with Gasteiger partial charge in [-0.05, 0) is 17.0 Å². The molecular weight excluding hydrogens is 254 g/mol. The van der Waals surface area contributed by atoms with Gasteiger partial charge in [-0.1, -0.05) is 30.3 Å². The molecule has 106 valence electrons. The van der Waals surface area contributed by atoms with Crippen LogP contribution >= 0.6 is 0 Å². The van der Waals surface area contributed by atoms with Gasteiger partial charge in [0.05, 0.1) is 33.0 Å². The fourth-order valence-corrected chi connectivity index (χ4v) is 2.68. The number of hydrogen-bond acceptors (Lipinski definition) is 4. The smallest absolute Gasteiger partial charge is 0.126 e. The molecule has 1 aliphatic rings. The van der Waals surface area contributed by atoms with Gasteiger partial charge in [0.25, 0.3) is 0 Å². The van der Waals surface area contributed by atoms with Gasteiger partial charge in [-0.2, -0.15) is 0 Å². The maximum atomic E-state index is 6.38. The first-order chi connectivity index (χ1) is 9.81. The van der Waals surface area contributed by atoms with Crippen LogP contribution in [0.3, 0.4) is 0 Å². The average molecular weight is 273 g/mol. The molecule has 0 bridgehead atoms. The fraction of sp³-hybridized carbons (Fsp3) is 0.375. The Morgan fingerprint density at radius 2 is 1.95 bits per heavy atom. The number of ether oxygens (including phenoxy) is 3. The van der Waals surface area contributed by atoms with Crippen LogP contribution in [0.4, 0.5) is 0 Å². The highest BCUT2D eigenvalue weighted by atomic mass is 16.6. The predicted octanol–water partition coefficient (Wildman–Crippen LogP) is 2.26. The van der Waals surface area contributed by atoms with Crippen LogP contribution in [-0.2, 0) is 9.47 Å². The molecule has 2 N–H and O–H groups in total. The van der Waals surface area contributed by atoms with E-state index in [-0.39, 0.29) is 12.1 Å². The van der Waals surface area contributed by atoms with Crippen molar-refractivity contribution in [2.45, 2.75) is 12.1 Å². The first-order valence-corrected chi connectivity index (χ1v) is 6.82. The Morgan fingerprint density at radius 1 is 1.15 bits per heavy atom. The minimum atomic E-state index is -0.203. The number of fused-ring (bicyclic) bond motifs is 1. The van der Waals surface area contributed by atoms with Crippen molar-refractivity contribution in [2.75, 3.05) is 26.9 Å². The van der Waals surface area contributed by atoms with E-state index < -0.39 is 0 Å². The van der Waals surface area contributed by atoms with Crippen molar-refractivity contribution < 1.29 is 14.2 Å². The Labute approximate surface area is 118 Å². The van der Waals surface area contributed by atoms with Crippen molar-refractivity contribution in [1.82, 2.24) is 0 Å². The van der Waals surface area contributed by atoms with Crippen LogP contribution in [0.2, 0.25) is 0 Å². The molecule has 1 fully saturated rings. The summed E-state index contributed by atoms with van der Waals surface area (Å²) < 4.78 is 16.6. The van der Waals surface area contributed by atoms with E-state index in [0.717, 1.165) is 22.1 Å². The Kier molecular flexibility index (Phi) is 3.87. The maximum Gasteiger partial charge on any atom is 0.126 e. The minimum absolute atomic E-state index is 0.0967. The summed E-state index contributed by atoms with van der Waals surface area (Å²) in [5, 5.41) is 2.17. The predicted molar refractivity (Wildman–Crippen MR) is 78.0 cm³/mol. The molecule has 1 aliphatic heterocycles. The lowest BCUT2D eigenvalue weighted by atomic mass is 9.95. The van der Waals surface area contributed by atoms with Gasteiger partial charge >= 0.3 is 0 Å². The molecule has 0 spiro atoms. The second-order valence-electron chi connectivity index (χ2n) is 4.91. The van der Waals surface area contributed by atoms with Crippen molar-refractivity contribution in [3.63, 3.8) is 0 Å². The summed E-state index contributed by atoms with van der Waals surface area (Å²) in [6.07, 6.45) is -0.0967. The summed E-state index contributed by atoms with van der Waals surface area (Å²) in [6, 6.07) is 11.9. The van der Waals surface area contributed by atoms with Crippen LogP contribution in [0, 0.1) is 0 Å². The summed E-state index contributed by atoms with van der Waals surface area (Å²) in [5.74, 6) is 0.859. The number of rotatable bonds is 3. The molecule has 4 heteroatoms. The van der Waals surface area contributed by atoms with E-state index >= 15 is 0 Å². The molecule has 0 saturated carbocycles. The quantitative estimate of drug-likeness (QED) is 0.932. The lowest BCUT2D eigenvalue weighted by Gasteiger charge is -2.29. The van der Waals surface area contributed by atoms with Crippen molar-refractivity contribution >= 4 is 10.8 Å². The normalized spacial score (nSPS) is 20.8. The molecule has 0 aromatic heterocycles. The first-order valence-electron chi connectivity index (χ1n) is 6.82. The number of hydrogen-bond donors (Lipinski definition) is 1. The Hall–Kier alpha value is -1.62. The second kappa shape index (κ2) is 5.79. The largest absolute Gasteiger partial charge is 0.496 e. The van der Waals surface area contributed by atoms with Crippen molar-refractivity contribution in [1.29, 1.82) is 0 Å². The van der Waals surface area contributed by atoms with Gasteiger partial charge < -0.3 is 19.9 Å². The molecule has 0 aliphatic carbocycles. The third kappa shape index (κ3) is 2.38. The number of nitrogens with two attached hydrogens (primary N) is 1. The summed E-state index contributed by atoms with van der Waals surface area (Å²) in [6.45, 7) is 1.79. The van der Waals surface area contributed by atoms with Crippen LogP contribution in [0.5, 0.6) is 5.75 Å². The molecule has 4 nitrogen and oxygen atoms in total. The van der Waals surface area contributed by atoms with Gasteiger partial charge in [0, 0.05) is 5.39 Å². The van der Waals surface area contributed by atoms with E-state index in [9.17, 15) is 0 Å². The van der Waals surface area contributed by atoms with E-state index in [1.54, 1.807) is 7.11 Å². The van der Waals surface area contributed by atoms with Gasteiger partial charge in [-0.15, -0.1) is 0 Å². The van der Waals surface area contributed by atoms with Crippen molar-refractivity contribution in [2.24, 2.45) is 5.73 Å². The standard InChI is InChI=1S/C16H19NO3/c1-18-14-7-6-13(11-4-2-3-5-12(11)14)16(17)15-10-19-8-9-20-15/h2-7,15-16H,8-10,17H2,1H3. The lowest BCUT2D eigenvalue weighted by molar-refractivity contribution is -0.0974. The summed E-state index contributed by atoms with van der Waals surface area (Å²) in [4.78, 5) is 0. The molecule has 1 heterocycles. The molecule has 0 radical (unpaired) electrons. The third-order valence-corrected chi connectivity index (χ3v) is 3.74. The first kappa shape index (κ1) is 13.4. The van der Waals surface area contributed by atoms with Crippen LogP contribution in [0.15, 0.2) is 36.4 Å². The number of methoxy groups -OCH3 is 1. The molecule has 20 heavy (non-hydrogen) atoms. The SMILES string of the molecule is COc1ccc(C(N)C2COCCO2)c2ccccc12. The average Bonchev–Trinajstić information content (AvgIpc) is 2.54. The van der Waals surface area contributed by atoms with E-state index in [0.29, 0.717) is 19.8 Å². The van der Waals surface area contributed by atoms with Crippen LogP contribution in [-0.4, -0.2) is 33.0 Å². The zero-order chi connectivity index (χ0) is 13.9. The summed E-state index contributed by atoms with van der Waals surface area (Å²) in [7, 11) is 1.68. The molecule has 2 unspecified atom stereocenters. The van der Waals surface area contributed by atoms with Crippen LogP contribution in [0.1, 0.15) is 11.6 Å². The molecule has 3 rings (SSSR count). The van der Waals surface area contributed by atoms with Gasteiger partial charge in [0.15, 0.2) is 0 Å². The minimum Gasteiger partial charge on any atom is -0.496 e. The van der Waals surface area contributed by atoms with E-state index in [1.165, 1.54) is 0 Å². The molecule has 0 amide bonds. The highest BCUT2D eigenvalue weighted by Crippen LogP contribution is 2.32. The maximum absolute atomic E-state index is 6.38. The lowest BCUT2D eigenvalue weighted by Crippen LogP contribution is -2.37. The topological polar surface area (TPSA) is 53.7 Å². The Morgan fingerprint density at radius 3 is 2.65 bits per heavy atom. The Bertz CT molecular complexity index is 593.